The van der Waals surface area contributed by atoms with Crippen molar-refractivity contribution < 1.29 is 9.90 Å². The van der Waals surface area contributed by atoms with Gasteiger partial charge in [-0.3, -0.25) is 4.79 Å². The second-order valence-electron chi connectivity index (χ2n) is 3.99. The van der Waals surface area contributed by atoms with E-state index >= 15 is 0 Å². The summed E-state index contributed by atoms with van der Waals surface area (Å²) in [6, 6.07) is 0. The van der Waals surface area contributed by atoms with Gasteiger partial charge in [0, 0.05) is 25.6 Å². The average molecular weight is 253 g/mol. The van der Waals surface area contributed by atoms with Crippen LogP contribution in [0.2, 0.25) is 0 Å². The standard InChI is InChI=1S/C11H24N2O2.ClH/c1-4-10(5-6-14)8-13-11(15)9(2)7-12-3;/h9-10,12,14H,4-8H2,1-3H3,(H,13,15);1H. The fraction of sp³-hybridized carbons (Fsp3) is 0.909. The second kappa shape index (κ2) is 11.2. The van der Waals surface area contributed by atoms with Gasteiger partial charge in [0.1, 0.15) is 0 Å². The summed E-state index contributed by atoms with van der Waals surface area (Å²) >= 11 is 0. The van der Waals surface area contributed by atoms with Crippen LogP contribution in [-0.4, -0.2) is 37.8 Å². The van der Waals surface area contributed by atoms with Gasteiger partial charge in [-0.05, 0) is 19.4 Å². The normalized spacial score (nSPS) is 13.8. The van der Waals surface area contributed by atoms with Crippen molar-refractivity contribution >= 4 is 18.3 Å². The maximum absolute atomic E-state index is 11.5. The van der Waals surface area contributed by atoms with Crippen LogP contribution in [0.25, 0.3) is 0 Å². The number of halogens is 1. The lowest BCUT2D eigenvalue weighted by Gasteiger charge is -2.16. The third kappa shape index (κ3) is 7.91. The van der Waals surface area contributed by atoms with Gasteiger partial charge < -0.3 is 15.7 Å². The molecule has 0 heterocycles. The lowest BCUT2D eigenvalue weighted by atomic mass is 10.0. The molecule has 0 aromatic rings. The van der Waals surface area contributed by atoms with E-state index in [4.69, 9.17) is 5.11 Å². The minimum absolute atomic E-state index is 0. The largest absolute Gasteiger partial charge is 0.396 e. The third-order valence-electron chi connectivity index (χ3n) is 2.64. The van der Waals surface area contributed by atoms with Crippen molar-refractivity contribution in [3.63, 3.8) is 0 Å². The van der Waals surface area contributed by atoms with E-state index in [1.54, 1.807) is 0 Å². The Labute approximate surface area is 105 Å². The Morgan fingerprint density at radius 2 is 2.00 bits per heavy atom. The van der Waals surface area contributed by atoms with Crippen molar-refractivity contribution in [2.45, 2.75) is 26.7 Å². The molecule has 16 heavy (non-hydrogen) atoms. The van der Waals surface area contributed by atoms with Crippen molar-refractivity contribution in [3.8, 4) is 0 Å². The number of aliphatic hydroxyl groups is 1. The molecular weight excluding hydrogens is 228 g/mol. The highest BCUT2D eigenvalue weighted by atomic mass is 35.5. The lowest BCUT2D eigenvalue weighted by Crippen LogP contribution is -2.37. The Morgan fingerprint density at radius 1 is 1.38 bits per heavy atom. The van der Waals surface area contributed by atoms with Crippen LogP contribution in [0.1, 0.15) is 26.7 Å². The van der Waals surface area contributed by atoms with Crippen LogP contribution in [-0.2, 0) is 4.79 Å². The number of nitrogens with one attached hydrogen (secondary N) is 2. The maximum atomic E-state index is 11.5. The predicted molar refractivity (Wildman–Crippen MR) is 68.8 cm³/mol. The van der Waals surface area contributed by atoms with Crippen molar-refractivity contribution in [2.24, 2.45) is 11.8 Å². The summed E-state index contributed by atoms with van der Waals surface area (Å²) in [7, 11) is 1.84. The van der Waals surface area contributed by atoms with Gasteiger partial charge in [-0.15, -0.1) is 12.4 Å². The molecule has 0 aromatic heterocycles. The van der Waals surface area contributed by atoms with Gasteiger partial charge in [-0.25, -0.2) is 0 Å². The number of rotatable bonds is 8. The van der Waals surface area contributed by atoms with E-state index in [0.717, 1.165) is 12.8 Å². The minimum Gasteiger partial charge on any atom is -0.396 e. The zero-order valence-electron chi connectivity index (χ0n) is 10.5. The lowest BCUT2D eigenvalue weighted by molar-refractivity contribution is -0.124. The summed E-state index contributed by atoms with van der Waals surface area (Å²) in [5, 5.41) is 14.7. The molecule has 0 rings (SSSR count). The molecule has 0 spiro atoms. The summed E-state index contributed by atoms with van der Waals surface area (Å²) in [5.41, 5.74) is 0. The zero-order valence-corrected chi connectivity index (χ0v) is 11.3. The molecule has 0 fully saturated rings. The van der Waals surface area contributed by atoms with Gasteiger partial charge in [0.25, 0.3) is 0 Å². The molecule has 3 N–H and O–H groups in total. The molecule has 98 valence electrons. The van der Waals surface area contributed by atoms with Gasteiger partial charge >= 0.3 is 0 Å². The molecule has 5 heteroatoms. The molecule has 0 aliphatic heterocycles. The molecule has 0 aliphatic carbocycles. The van der Waals surface area contributed by atoms with Gasteiger partial charge in [-0.1, -0.05) is 20.3 Å². The van der Waals surface area contributed by atoms with Crippen LogP contribution in [0.5, 0.6) is 0 Å². The Kier molecular flexibility index (Phi) is 12.6. The van der Waals surface area contributed by atoms with Crippen LogP contribution < -0.4 is 10.6 Å². The molecule has 0 aromatic carbocycles. The van der Waals surface area contributed by atoms with Crippen LogP contribution in [0.4, 0.5) is 0 Å². The Balaban J connectivity index is 0. The minimum atomic E-state index is 0. The van der Waals surface area contributed by atoms with Gasteiger partial charge in [0.05, 0.1) is 0 Å². The molecule has 0 saturated carbocycles. The number of hydrogen-bond acceptors (Lipinski definition) is 3. The topological polar surface area (TPSA) is 61.4 Å². The van der Waals surface area contributed by atoms with Gasteiger partial charge in [0.15, 0.2) is 0 Å². The Bertz CT molecular complexity index is 179. The maximum Gasteiger partial charge on any atom is 0.224 e. The van der Waals surface area contributed by atoms with Crippen molar-refractivity contribution in [1.82, 2.24) is 10.6 Å². The quantitative estimate of drug-likeness (QED) is 0.599. The first-order chi connectivity index (χ1) is 7.15. The van der Waals surface area contributed by atoms with Gasteiger partial charge in [-0.2, -0.15) is 0 Å². The summed E-state index contributed by atoms with van der Waals surface area (Å²) in [6.45, 7) is 5.54. The molecule has 1 amide bonds. The van der Waals surface area contributed by atoms with Crippen LogP contribution in [0.3, 0.4) is 0 Å². The number of amides is 1. The highest BCUT2D eigenvalue weighted by molar-refractivity contribution is 5.85. The van der Waals surface area contributed by atoms with E-state index in [1.807, 2.05) is 14.0 Å². The number of carbonyl (C=O) groups is 1. The number of hydrogen-bond donors (Lipinski definition) is 3. The smallest absolute Gasteiger partial charge is 0.224 e. The van der Waals surface area contributed by atoms with E-state index in [1.165, 1.54) is 0 Å². The third-order valence-corrected chi connectivity index (χ3v) is 2.64. The molecular formula is C11H25ClN2O2. The Hall–Kier alpha value is -0.320. The highest BCUT2D eigenvalue weighted by Gasteiger charge is 2.13. The van der Waals surface area contributed by atoms with Crippen molar-refractivity contribution in [3.05, 3.63) is 0 Å². The number of carbonyl (C=O) groups excluding carboxylic acids is 1. The fourth-order valence-corrected chi connectivity index (χ4v) is 1.45. The first-order valence-electron chi connectivity index (χ1n) is 5.68. The van der Waals surface area contributed by atoms with Crippen LogP contribution in [0.15, 0.2) is 0 Å². The van der Waals surface area contributed by atoms with Crippen molar-refractivity contribution in [2.75, 3.05) is 26.7 Å². The molecule has 0 saturated heterocycles. The molecule has 2 unspecified atom stereocenters. The van der Waals surface area contributed by atoms with Crippen molar-refractivity contribution in [1.29, 1.82) is 0 Å². The van der Waals surface area contributed by atoms with Crippen LogP contribution in [0, 0.1) is 11.8 Å². The fourth-order valence-electron chi connectivity index (χ4n) is 1.45. The second-order valence-corrected chi connectivity index (χ2v) is 3.99. The Morgan fingerprint density at radius 3 is 2.44 bits per heavy atom. The molecule has 0 bridgehead atoms. The summed E-state index contributed by atoms with van der Waals surface area (Å²) in [5.74, 6) is 0.475. The van der Waals surface area contributed by atoms with Gasteiger partial charge in [0.2, 0.25) is 5.91 Å². The summed E-state index contributed by atoms with van der Waals surface area (Å²) < 4.78 is 0. The predicted octanol–water partition coefficient (Wildman–Crippen LogP) is 0.788. The molecule has 0 aliphatic rings. The SMILES string of the molecule is CCC(CCO)CNC(=O)C(C)CNC.Cl. The van der Waals surface area contributed by atoms with E-state index in [-0.39, 0.29) is 30.8 Å². The monoisotopic (exact) mass is 252 g/mol. The first-order valence-corrected chi connectivity index (χ1v) is 5.68. The van der Waals surface area contributed by atoms with E-state index in [0.29, 0.717) is 19.0 Å². The molecule has 0 radical (unpaired) electrons. The van der Waals surface area contributed by atoms with E-state index in [2.05, 4.69) is 17.6 Å². The van der Waals surface area contributed by atoms with Crippen LogP contribution >= 0.6 is 12.4 Å². The first kappa shape index (κ1) is 18.1. The zero-order chi connectivity index (χ0) is 11.7. The average Bonchev–Trinajstić information content (AvgIpc) is 2.24. The van der Waals surface area contributed by atoms with E-state index < -0.39 is 0 Å². The molecule has 4 nitrogen and oxygen atoms in total. The highest BCUT2D eigenvalue weighted by Crippen LogP contribution is 2.06. The molecule has 2 atom stereocenters. The summed E-state index contributed by atoms with van der Waals surface area (Å²) in [6.07, 6.45) is 1.75. The number of aliphatic hydroxyl groups excluding tert-OH is 1. The van der Waals surface area contributed by atoms with E-state index in [9.17, 15) is 4.79 Å². The summed E-state index contributed by atoms with van der Waals surface area (Å²) in [4.78, 5) is 11.5.